The van der Waals surface area contributed by atoms with Crippen LogP contribution < -0.4 is 14.8 Å². The van der Waals surface area contributed by atoms with Crippen LogP contribution in [0.3, 0.4) is 0 Å². The van der Waals surface area contributed by atoms with Crippen LogP contribution in [0, 0.1) is 11.3 Å². The van der Waals surface area contributed by atoms with Gasteiger partial charge in [0.1, 0.15) is 18.1 Å². The van der Waals surface area contributed by atoms with E-state index in [0.717, 1.165) is 0 Å². The van der Waals surface area contributed by atoms with E-state index in [1.165, 1.54) is 7.11 Å². The summed E-state index contributed by atoms with van der Waals surface area (Å²) < 4.78 is 10.6. The van der Waals surface area contributed by atoms with Crippen molar-refractivity contribution >= 4 is 6.03 Å². The Labute approximate surface area is 111 Å². The third kappa shape index (κ3) is 3.28. The van der Waals surface area contributed by atoms with E-state index in [9.17, 15) is 4.79 Å². The Morgan fingerprint density at radius 1 is 1.42 bits per heavy atom. The summed E-state index contributed by atoms with van der Waals surface area (Å²) in [5.74, 6) is 1.14. The molecule has 19 heavy (non-hydrogen) atoms. The first-order valence-electron chi connectivity index (χ1n) is 5.97. The molecule has 0 bridgehead atoms. The lowest BCUT2D eigenvalue weighted by Gasteiger charge is -2.14. The van der Waals surface area contributed by atoms with Crippen LogP contribution in [-0.2, 0) is 0 Å². The minimum absolute atomic E-state index is 0.0630. The van der Waals surface area contributed by atoms with Crippen molar-refractivity contribution in [3.8, 4) is 17.6 Å². The predicted molar refractivity (Wildman–Crippen MR) is 68.2 cm³/mol. The Bertz CT molecular complexity index is 510. The van der Waals surface area contributed by atoms with Crippen LogP contribution in [-0.4, -0.2) is 44.3 Å². The van der Waals surface area contributed by atoms with Crippen molar-refractivity contribution in [1.82, 2.24) is 10.2 Å². The van der Waals surface area contributed by atoms with Crippen molar-refractivity contribution in [1.29, 1.82) is 5.26 Å². The number of ether oxygens (including phenoxy) is 2. The number of nitrogens with zero attached hydrogens (tertiary/aromatic N) is 2. The van der Waals surface area contributed by atoms with Gasteiger partial charge in [0.05, 0.1) is 25.3 Å². The molecule has 6 nitrogen and oxygen atoms in total. The molecule has 0 aliphatic carbocycles. The van der Waals surface area contributed by atoms with Gasteiger partial charge in [-0.25, -0.2) is 4.79 Å². The highest BCUT2D eigenvalue weighted by Crippen LogP contribution is 2.22. The monoisotopic (exact) mass is 261 g/mol. The first kappa shape index (κ1) is 13.0. The molecule has 1 saturated heterocycles. The minimum atomic E-state index is -0.0630. The summed E-state index contributed by atoms with van der Waals surface area (Å²) in [6, 6.07) is 6.98. The number of amides is 2. The highest BCUT2D eigenvalue weighted by molar-refractivity contribution is 5.76. The molecule has 1 aliphatic rings. The Hall–Kier alpha value is -2.42. The number of nitrogens with one attached hydrogen (secondary N) is 1. The Balaban J connectivity index is 1.92. The second-order valence-corrected chi connectivity index (χ2v) is 4.08. The lowest BCUT2D eigenvalue weighted by molar-refractivity contribution is 0.202. The third-order valence-corrected chi connectivity index (χ3v) is 2.82. The van der Waals surface area contributed by atoms with Gasteiger partial charge >= 0.3 is 6.03 Å². The summed E-state index contributed by atoms with van der Waals surface area (Å²) in [6.45, 7) is 2.27. The van der Waals surface area contributed by atoms with E-state index >= 15 is 0 Å². The van der Waals surface area contributed by atoms with E-state index < -0.39 is 0 Å². The zero-order valence-electron chi connectivity index (χ0n) is 10.7. The third-order valence-electron chi connectivity index (χ3n) is 2.82. The van der Waals surface area contributed by atoms with Crippen molar-refractivity contribution in [3.63, 3.8) is 0 Å². The maximum atomic E-state index is 11.3. The first-order chi connectivity index (χ1) is 9.22. The van der Waals surface area contributed by atoms with Crippen LogP contribution >= 0.6 is 0 Å². The molecule has 1 heterocycles. The summed E-state index contributed by atoms with van der Waals surface area (Å²) in [6.07, 6.45) is 0. The van der Waals surface area contributed by atoms with Crippen molar-refractivity contribution in [2.75, 3.05) is 33.4 Å². The molecule has 6 heteroatoms. The van der Waals surface area contributed by atoms with Gasteiger partial charge in [0.2, 0.25) is 0 Å². The largest absolute Gasteiger partial charge is 0.497 e. The molecular formula is C13H15N3O3. The van der Waals surface area contributed by atoms with Gasteiger partial charge in [-0.15, -0.1) is 0 Å². The molecule has 0 spiro atoms. The number of carbonyl (C=O) groups is 1. The zero-order chi connectivity index (χ0) is 13.7. The molecule has 0 aromatic heterocycles. The van der Waals surface area contributed by atoms with Gasteiger partial charge in [-0.05, 0) is 12.1 Å². The van der Waals surface area contributed by atoms with Crippen LogP contribution in [0.2, 0.25) is 0 Å². The Morgan fingerprint density at radius 2 is 2.21 bits per heavy atom. The van der Waals surface area contributed by atoms with Crippen LogP contribution in [0.5, 0.6) is 11.5 Å². The highest BCUT2D eigenvalue weighted by atomic mass is 16.5. The van der Waals surface area contributed by atoms with E-state index in [4.69, 9.17) is 14.7 Å². The second kappa shape index (κ2) is 5.96. The average Bonchev–Trinajstić information content (AvgIpc) is 2.84. The smallest absolute Gasteiger partial charge is 0.317 e. The fourth-order valence-corrected chi connectivity index (χ4v) is 1.84. The normalized spacial score (nSPS) is 13.9. The molecule has 0 atom stereocenters. The van der Waals surface area contributed by atoms with Crippen molar-refractivity contribution in [2.45, 2.75) is 0 Å². The maximum absolute atomic E-state index is 11.3. The fraction of sp³-hybridized carbons (Fsp3) is 0.385. The van der Waals surface area contributed by atoms with Gasteiger partial charge in [-0.2, -0.15) is 5.26 Å². The molecule has 0 unspecified atom stereocenters. The van der Waals surface area contributed by atoms with Crippen molar-refractivity contribution in [2.24, 2.45) is 0 Å². The number of hydrogen-bond donors (Lipinski definition) is 1. The molecule has 2 amide bonds. The molecule has 1 N–H and O–H groups in total. The topological polar surface area (TPSA) is 74.6 Å². The Morgan fingerprint density at radius 3 is 2.84 bits per heavy atom. The lowest BCUT2D eigenvalue weighted by atomic mass is 10.2. The zero-order valence-corrected chi connectivity index (χ0v) is 10.7. The van der Waals surface area contributed by atoms with Gasteiger partial charge < -0.3 is 19.7 Å². The molecule has 1 aliphatic heterocycles. The SMILES string of the molecule is COc1cc(C#N)cc(OCCN2CCNC2=O)c1. The average molecular weight is 261 g/mol. The molecule has 1 aromatic rings. The van der Waals surface area contributed by atoms with Crippen molar-refractivity contribution in [3.05, 3.63) is 23.8 Å². The maximum Gasteiger partial charge on any atom is 0.317 e. The molecule has 0 saturated carbocycles. The van der Waals surface area contributed by atoms with Crippen LogP contribution in [0.4, 0.5) is 4.79 Å². The second-order valence-electron chi connectivity index (χ2n) is 4.08. The molecule has 100 valence electrons. The fourth-order valence-electron chi connectivity index (χ4n) is 1.84. The number of hydrogen-bond acceptors (Lipinski definition) is 4. The summed E-state index contributed by atoms with van der Waals surface area (Å²) in [7, 11) is 1.54. The number of carbonyl (C=O) groups excluding carboxylic acids is 1. The molecular weight excluding hydrogens is 246 g/mol. The number of rotatable bonds is 5. The van der Waals surface area contributed by atoms with E-state index in [0.29, 0.717) is 43.3 Å². The van der Waals surface area contributed by atoms with Gasteiger partial charge in [0.25, 0.3) is 0 Å². The first-order valence-corrected chi connectivity index (χ1v) is 5.97. The van der Waals surface area contributed by atoms with Gasteiger partial charge in [0.15, 0.2) is 0 Å². The highest BCUT2D eigenvalue weighted by Gasteiger charge is 2.18. The summed E-state index contributed by atoms with van der Waals surface area (Å²) in [5.41, 5.74) is 0.480. The van der Waals surface area contributed by atoms with E-state index in [-0.39, 0.29) is 6.03 Å². The number of benzene rings is 1. The van der Waals surface area contributed by atoms with Gasteiger partial charge in [-0.1, -0.05) is 0 Å². The van der Waals surface area contributed by atoms with Gasteiger partial charge in [-0.3, -0.25) is 0 Å². The summed E-state index contributed by atoms with van der Waals surface area (Å²) >= 11 is 0. The van der Waals surface area contributed by atoms with Crippen LogP contribution in [0.15, 0.2) is 18.2 Å². The van der Waals surface area contributed by atoms with E-state index in [2.05, 4.69) is 5.32 Å². The number of nitriles is 1. The predicted octanol–water partition coefficient (Wildman–Crippen LogP) is 0.971. The van der Waals surface area contributed by atoms with E-state index in [1.54, 1.807) is 23.1 Å². The molecule has 1 aromatic carbocycles. The van der Waals surface area contributed by atoms with Gasteiger partial charge in [0, 0.05) is 19.2 Å². The van der Waals surface area contributed by atoms with Crippen LogP contribution in [0.1, 0.15) is 5.56 Å². The molecule has 2 rings (SSSR count). The minimum Gasteiger partial charge on any atom is -0.497 e. The van der Waals surface area contributed by atoms with E-state index in [1.807, 2.05) is 6.07 Å². The summed E-state index contributed by atoms with van der Waals surface area (Å²) in [4.78, 5) is 13.0. The van der Waals surface area contributed by atoms with Crippen LogP contribution in [0.25, 0.3) is 0 Å². The van der Waals surface area contributed by atoms with Crippen molar-refractivity contribution < 1.29 is 14.3 Å². The quantitative estimate of drug-likeness (QED) is 0.857. The molecule has 1 fully saturated rings. The number of methoxy groups -OCH3 is 1. The summed E-state index contributed by atoms with van der Waals surface area (Å²) in [5, 5.41) is 11.6. The lowest BCUT2D eigenvalue weighted by Crippen LogP contribution is -2.31. The molecule has 0 radical (unpaired) electrons. The standard InChI is InChI=1S/C13H15N3O3/c1-18-11-6-10(9-14)7-12(8-11)19-5-4-16-3-2-15-13(16)17/h6-8H,2-5H2,1H3,(H,15,17). The number of urea groups is 1. The Kier molecular flexibility index (Phi) is 4.08.